The van der Waals surface area contributed by atoms with Crippen LogP contribution in [0.2, 0.25) is 0 Å². The number of hydrogen-bond acceptors (Lipinski definition) is 4. The van der Waals surface area contributed by atoms with E-state index in [2.05, 4.69) is 22.4 Å². The van der Waals surface area contributed by atoms with Crippen molar-refractivity contribution in [2.24, 2.45) is 11.0 Å². The molecule has 0 unspecified atom stereocenters. The van der Waals surface area contributed by atoms with Crippen molar-refractivity contribution < 1.29 is 4.79 Å². The van der Waals surface area contributed by atoms with Crippen LogP contribution in [0, 0.1) is 5.92 Å². The van der Waals surface area contributed by atoms with Gasteiger partial charge in [-0.1, -0.05) is 13.3 Å². The summed E-state index contributed by atoms with van der Waals surface area (Å²) in [7, 11) is 0. The zero-order valence-corrected chi connectivity index (χ0v) is 13.4. The Labute approximate surface area is 134 Å². The van der Waals surface area contributed by atoms with Crippen LogP contribution in [0.25, 0.3) is 0 Å². The Morgan fingerprint density at radius 3 is 3.09 bits per heavy atom. The first-order valence-electron chi connectivity index (χ1n) is 7.61. The molecule has 5 heteroatoms. The molecule has 3 rings (SSSR count). The van der Waals surface area contributed by atoms with E-state index in [1.165, 1.54) is 23.3 Å². The fraction of sp³-hybridized carbons (Fsp3) is 0.353. The van der Waals surface area contributed by atoms with Gasteiger partial charge in [0.25, 0.3) is 5.91 Å². The summed E-state index contributed by atoms with van der Waals surface area (Å²) in [6, 6.07) is 5.72. The summed E-state index contributed by atoms with van der Waals surface area (Å²) in [6.45, 7) is 2.24. The minimum absolute atomic E-state index is 0.127. The molecule has 114 valence electrons. The lowest BCUT2D eigenvalue weighted by Crippen LogP contribution is -2.16. The van der Waals surface area contributed by atoms with E-state index in [1.54, 1.807) is 29.9 Å². The number of hydrogen-bond donors (Lipinski definition) is 1. The van der Waals surface area contributed by atoms with Gasteiger partial charge in [0, 0.05) is 17.3 Å². The van der Waals surface area contributed by atoms with Gasteiger partial charge in [0.1, 0.15) is 0 Å². The molecule has 2 aromatic rings. The maximum atomic E-state index is 12.2. The molecule has 0 saturated carbocycles. The summed E-state index contributed by atoms with van der Waals surface area (Å²) in [5, 5.41) is 4.01. The van der Waals surface area contributed by atoms with Gasteiger partial charge < -0.3 is 0 Å². The maximum Gasteiger partial charge on any atom is 0.281 e. The third-order valence-electron chi connectivity index (χ3n) is 4.07. The van der Waals surface area contributed by atoms with Gasteiger partial charge in [-0.2, -0.15) is 5.10 Å². The van der Waals surface area contributed by atoms with Crippen molar-refractivity contribution in [3.05, 3.63) is 51.5 Å². The quantitative estimate of drug-likeness (QED) is 0.694. The molecule has 2 aromatic heterocycles. The van der Waals surface area contributed by atoms with Crippen molar-refractivity contribution in [1.29, 1.82) is 0 Å². The number of carbonyl (C=O) groups is 1. The number of amides is 1. The highest BCUT2D eigenvalue weighted by atomic mass is 32.1. The summed E-state index contributed by atoms with van der Waals surface area (Å²) >= 11 is 1.61. The molecule has 0 saturated heterocycles. The molecule has 0 aromatic carbocycles. The van der Waals surface area contributed by atoms with E-state index < -0.39 is 0 Å². The Balaban J connectivity index is 1.64. The lowest BCUT2D eigenvalue weighted by Gasteiger charge is -2.19. The Morgan fingerprint density at radius 2 is 2.32 bits per heavy atom. The van der Waals surface area contributed by atoms with Gasteiger partial charge in [-0.25, -0.2) is 5.43 Å². The molecule has 0 bridgehead atoms. The van der Waals surface area contributed by atoms with Crippen molar-refractivity contribution in [2.75, 3.05) is 0 Å². The second-order valence-electron chi connectivity index (χ2n) is 5.56. The highest BCUT2D eigenvalue weighted by Gasteiger charge is 2.21. The van der Waals surface area contributed by atoms with Crippen LogP contribution in [0.5, 0.6) is 0 Å². The Morgan fingerprint density at radius 1 is 1.50 bits per heavy atom. The van der Waals surface area contributed by atoms with Crippen LogP contribution in [0.4, 0.5) is 0 Å². The van der Waals surface area contributed by atoms with Crippen LogP contribution in [-0.2, 0) is 12.8 Å². The number of pyridine rings is 1. The van der Waals surface area contributed by atoms with Gasteiger partial charge >= 0.3 is 0 Å². The normalized spacial score (nSPS) is 17.4. The van der Waals surface area contributed by atoms with Crippen LogP contribution in [0.15, 0.2) is 35.7 Å². The zero-order chi connectivity index (χ0) is 15.4. The molecule has 2 heterocycles. The number of hydrazone groups is 1. The van der Waals surface area contributed by atoms with E-state index in [9.17, 15) is 4.79 Å². The maximum absolute atomic E-state index is 12.2. The van der Waals surface area contributed by atoms with E-state index in [0.29, 0.717) is 0 Å². The van der Waals surface area contributed by atoms with Crippen molar-refractivity contribution in [2.45, 2.75) is 32.6 Å². The van der Waals surface area contributed by atoms with Gasteiger partial charge in [-0.3, -0.25) is 9.78 Å². The Kier molecular flexibility index (Phi) is 4.63. The molecule has 1 amide bonds. The Hall–Kier alpha value is -2.01. The minimum atomic E-state index is -0.127. The third kappa shape index (κ3) is 3.42. The molecule has 22 heavy (non-hydrogen) atoms. The van der Waals surface area contributed by atoms with E-state index >= 15 is 0 Å². The van der Waals surface area contributed by atoms with Gasteiger partial charge in [-0.15, -0.1) is 11.3 Å². The van der Waals surface area contributed by atoms with Crippen LogP contribution < -0.4 is 5.43 Å². The fourth-order valence-corrected chi connectivity index (χ4v) is 3.83. The van der Waals surface area contributed by atoms with Crippen molar-refractivity contribution in [1.82, 2.24) is 10.4 Å². The first-order valence-corrected chi connectivity index (χ1v) is 8.43. The molecule has 0 spiro atoms. The monoisotopic (exact) mass is 313 g/mol. The molecule has 0 radical (unpaired) electrons. The average molecular weight is 313 g/mol. The van der Waals surface area contributed by atoms with E-state index in [4.69, 9.17) is 0 Å². The predicted molar refractivity (Wildman–Crippen MR) is 89.4 cm³/mol. The van der Waals surface area contributed by atoms with Gasteiger partial charge in [0.05, 0.1) is 11.1 Å². The number of carbonyl (C=O) groups excluding carboxylic acids is 1. The molecular formula is C17H19N3OS. The average Bonchev–Trinajstić information content (AvgIpc) is 2.99. The molecule has 1 aliphatic carbocycles. The number of rotatable bonds is 4. The van der Waals surface area contributed by atoms with Crippen LogP contribution in [0.1, 0.15) is 45.4 Å². The number of fused-ring (bicyclic) bond motifs is 1. The molecule has 1 aliphatic rings. The van der Waals surface area contributed by atoms with Gasteiger partial charge in [-0.05, 0) is 54.5 Å². The molecule has 1 atom stereocenters. The highest BCUT2D eigenvalue weighted by Crippen LogP contribution is 2.33. The number of thiophene rings is 1. The second kappa shape index (κ2) is 6.83. The van der Waals surface area contributed by atoms with Gasteiger partial charge in [0.15, 0.2) is 0 Å². The minimum Gasteiger partial charge on any atom is -0.266 e. The van der Waals surface area contributed by atoms with Crippen LogP contribution in [-0.4, -0.2) is 17.1 Å². The zero-order valence-electron chi connectivity index (χ0n) is 12.6. The summed E-state index contributed by atoms with van der Waals surface area (Å²) < 4.78 is 0. The van der Waals surface area contributed by atoms with E-state index in [-0.39, 0.29) is 5.91 Å². The molecule has 0 aliphatic heterocycles. The largest absolute Gasteiger partial charge is 0.281 e. The molecule has 1 N–H and O–H groups in total. The molecule has 0 fully saturated rings. The third-order valence-corrected chi connectivity index (χ3v) is 5.31. The summed E-state index contributed by atoms with van der Waals surface area (Å²) in [6.07, 6.45) is 9.68. The fourth-order valence-electron chi connectivity index (χ4n) is 2.73. The van der Waals surface area contributed by atoms with Crippen molar-refractivity contribution in [3.63, 3.8) is 0 Å². The number of nitrogens with zero attached hydrogens (tertiary/aromatic N) is 2. The van der Waals surface area contributed by atoms with Crippen LogP contribution in [0.3, 0.4) is 0 Å². The van der Waals surface area contributed by atoms with Crippen molar-refractivity contribution in [3.8, 4) is 0 Å². The van der Waals surface area contributed by atoms with Crippen LogP contribution >= 0.6 is 11.3 Å². The second-order valence-corrected chi connectivity index (χ2v) is 6.69. The number of aryl methyl sites for hydroxylation is 1. The van der Waals surface area contributed by atoms with E-state index in [1.807, 2.05) is 18.2 Å². The van der Waals surface area contributed by atoms with Crippen molar-refractivity contribution >= 4 is 23.5 Å². The lowest BCUT2D eigenvalue weighted by atomic mass is 9.87. The van der Waals surface area contributed by atoms with Gasteiger partial charge in [0.2, 0.25) is 0 Å². The number of nitrogens with one attached hydrogen (secondary N) is 1. The van der Waals surface area contributed by atoms with E-state index in [0.717, 1.165) is 29.2 Å². The summed E-state index contributed by atoms with van der Waals surface area (Å²) in [5.74, 6) is 0.639. The molecular weight excluding hydrogens is 294 g/mol. The predicted octanol–water partition coefficient (Wildman–Crippen LogP) is 3.42. The lowest BCUT2D eigenvalue weighted by molar-refractivity contribution is 0.0959. The first kappa shape index (κ1) is 14.9. The number of aromatic nitrogens is 1. The summed E-state index contributed by atoms with van der Waals surface area (Å²) in [4.78, 5) is 18.2. The topological polar surface area (TPSA) is 54.4 Å². The standard InChI is InChI=1S/C17H19N3OS/c1-2-12-3-4-15-14(9-12)10-16(22-15)17(21)20-19-11-13-5-7-18-8-6-13/h5-8,10-12H,2-4,9H2,1H3,(H,20,21)/b19-11-/t12-/m0/s1. The Bertz CT molecular complexity index is 678. The first-order chi connectivity index (χ1) is 10.8. The summed E-state index contributed by atoms with van der Waals surface area (Å²) in [5.41, 5.74) is 4.86. The SMILES string of the molecule is CC[C@H]1CCc2sc(C(=O)N/N=C\c3ccncc3)cc2C1. The highest BCUT2D eigenvalue weighted by molar-refractivity contribution is 7.14. The molecule has 4 nitrogen and oxygen atoms in total. The smallest absolute Gasteiger partial charge is 0.266 e.